The van der Waals surface area contributed by atoms with Crippen molar-refractivity contribution < 1.29 is 5.11 Å². The maximum atomic E-state index is 9.16. The first-order chi connectivity index (χ1) is 9.19. The van der Waals surface area contributed by atoms with Gasteiger partial charge in [-0.15, -0.1) is 0 Å². The van der Waals surface area contributed by atoms with Crippen LogP contribution < -0.4 is 0 Å². The monoisotopic (exact) mass is 265 g/mol. The van der Waals surface area contributed by atoms with E-state index >= 15 is 0 Å². The fourth-order valence-electron chi connectivity index (χ4n) is 3.08. The molecule has 1 fully saturated rings. The van der Waals surface area contributed by atoms with Gasteiger partial charge in [0.2, 0.25) is 0 Å². The Morgan fingerprint density at radius 1 is 1.37 bits per heavy atom. The van der Waals surface area contributed by atoms with E-state index < -0.39 is 0 Å². The fraction of sp³-hybridized carbons (Fsp3) is 0.800. The minimum atomic E-state index is 0.372. The summed E-state index contributed by atoms with van der Waals surface area (Å²) in [5.74, 6) is 0.556. The molecule has 0 amide bonds. The molecule has 0 saturated heterocycles. The molecule has 0 atom stereocenters. The van der Waals surface area contributed by atoms with E-state index in [2.05, 4.69) is 23.2 Å². The molecule has 1 aromatic heterocycles. The van der Waals surface area contributed by atoms with Gasteiger partial charge in [-0.05, 0) is 63.6 Å². The first-order valence-electron chi connectivity index (χ1n) is 7.47. The van der Waals surface area contributed by atoms with Crippen LogP contribution in [0.2, 0.25) is 0 Å². The Balaban J connectivity index is 1.65. The summed E-state index contributed by atoms with van der Waals surface area (Å²) in [6, 6.07) is 0.719. The van der Waals surface area contributed by atoms with Gasteiger partial charge in [0.05, 0.1) is 6.20 Å². The molecule has 108 valence electrons. The second kappa shape index (κ2) is 7.06. The van der Waals surface area contributed by atoms with Crippen molar-refractivity contribution in [2.45, 2.75) is 44.6 Å². The highest BCUT2D eigenvalue weighted by molar-refractivity contribution is 5.03. The molecule has 4 heteroatoms. The van der Waals surface area contributed by atoms with Gasteiger partial charge in [0.15, 0.2) is 0 Å². The molecule has 1 N–H and O–H groups in total. The Kier molecular flexibility index (Phi) is 5.40. The van der Waals surface area contributed by atoms with Crippen LogP contribution in [0.15, 0.2) is 12.4 Å². The third-order valence-electron chi connectivity index (χ3n) is 4.43. The number of rotatable bonds is 6. The zero-order valence-corrected chi connectivity index (χ0v) is 12.3. The van der Waals surface area contributed by atoms with Crippen LogP contribution in [0.25, 0.3) is 0 Å². The summed E-state index contributed by atoms with van der Waals surface area (Å²) in [5, 5.41) is 13.4. The van der Waals surface area contributed by atoms with Crippen LogP contribution in [0.5, 0.6) is 0 Å². The normalized spacial score (nSPS) is 24.0. The van der Waals surface area contributed by atoms with E-state index in [4.69, 9.17) is 5.11 Å². The Bertz CT molecular complexity index is 369. The summed E-state index contributed by atoms with van der Waals surface area (Å²) in [4.78, 5) is 2.50. The van der Waals surface area contributed by atoms with E-state index in [9.17, 15) is 0 Å². The molecule has 0 aromatic carbocycles. The Hall–Kier alpha value is -0.870. The van der Waals surface area contributed by atoms with Gasteiger partial charge in [-0.25, -0.2) is 0 Å². The number of nitrogens with zero attached hydrogens (tertiary/aromatic N) is 3. The predicted molar refractivity (Wildman–Crippen MR) is 77.0 cm³/mol. The highest BCUT2D eigenvalue weighted by Gasteiger charge is 2.23. The summed E-state index contributed by atoms with van der Waals surface area (Å²) in [6.07, 6.45) is 11.2. The van der Waals surface area contributed by atoms with Crippen LogP contribution in [-0.2, 0) is 13.5 Å². The van der Waals surface area contributed by atoms with Crippen molar-refractivity contribution in [3.05, 3.63) is 18.0 Å². The van der Waals surface area contributed by atoms with Gasteiger partial charge in [0.1, 0.15) is 0 Å². The summed E-state index contributed by atoms with van der Waals surface area (Å²) >= 11 is 0. The largest absolute Gasteiger partial charge is 0.396 e. The smallest absolute Gasteiger partial charge is 0.0521 e. The Morgan fingerprint density at radius 3 is 2.68 bits per heavy atom. The molecule has 1 saturated carbocycles. The molecule has 4 nitrogen and oxygen atoms in total. The molecule has 0 spiro atoms. The van der Waals surface area contributed by atoms with Crippen molar-refractivity contribution in [3.63, 3.8) is 0 Å². The van der Waals surface area contributed by atoms with Gasteiger partial charge in [0, 0.05) is 25.9 Å². The van der Waals surface area contributed by atoms with Gasteiger partial charge in [-0.3, -0.25) is 4.68 Å². The van der Waals surface area contributed by atoms with Crippen LogP contribution in [0, 0.1) is 5.92 Å². The second-order valence-electron chi connectivity index (χ2n) is 5.96. The minimum Gasteiger partial charge on any atom is -0.396 e. The van der Waals surface area contributed by atoms with Crippen molar-refractivity contribution in [2.75, 3.05) is 20.2 Å². The molecule has 1 aliphatic rings. The molecule has 0 unspecified atom stereocenters. The third-order valence-corrected chi connectivity index (χ3v) is 4.43. The van der Waals surface area contributed by atoms with Crippen LogP contribution in [-0.4, -0.2) is 46.0 Å². The maximum absolute atomic E-state index is 9.16. The molecule has 1 heterocycles. The van der Waals surface area contributed by atoms with Crippen molar-refractivity contribution in [1.82, 2.24) is 14.7 Å². The molecular formula is C15H27N3O. The molecule has 0 radical (unpaired) electrons. The SMILES string of the molecule is CN(CCCc1cnn(C)c1)C1CCC(CO)CC1. The lowest BCUT2D eigenvalue weighted by Gasteiger charge is -2.34. The number of aliphatic hydroxyl groups excluding tert-OH is 1. The van der Waals surface area contributed by atoms with E-state index in [1.807, 2.05) is 17.9 Å². The third kappa shape index (κ3) is 4.32. The quantitative estimate of drug-likeness (QED) is 0.853. The first kappa shape index (κ1) is 14.5. The average molecular weight is 265 g/mol. The molecule has 0 aliphatic heterocycles. The van der Waals surface area contributed by atoms with Crippen molar-refractivity contribution in [2.24, 2.45) is 13.0 Å². The molecular weight excluding hydrogens is 238 g/mol. The minimum absolute atomic E-state index is 0.372. The summed E-state index contributed by atoms with van der Waals surface area (Å²) in [7, 11) is 4.21. The second-order valence-corrected chi connectivity index (χ2v) is 5.96. The molecule has 19 heavy (non-hydrogen) atoms. The van der Waals surface area contributed by atoms with Gasteiger partial charge in [-0.1, -0.05) is 0 Å². The lowest BCUT2D eigenvalue weighted by Crippen LogP contribution is -2.36. The van der Waals surface area contributed by atoms with Crippen LogP contribution in [0.3, 0.4) is 0 Å². The zero-order chi connectivity index (χ0) is 13.7. The van der Waals surface area contributed by atoms with Gasteiger partial charge in [-0.2, -0.15) is 5.10 Å². The number of hydrogen-bond acceptors (Lipinski definition) is 3. The molecule has 1 aliphatic carbocycles. The Morgan fingerprint density at radius 2 is 2.11 bits per heavy atom. The van der Waals surface area contributed by atoms with Crippen molar-refractivity contribution in [3.8, 4) is 0 Å². The number of aromatic nitrogens is 2. The maximum Gasteiger partial charge on any atom is 0.0521 e. The fourth-order valence-corrected chi connectivity index (χ4v) is 3.08. The molecule has 1 aromatic rings. The zero-order valence-electron chi connectivity index (χ0n) is 12.3. The van der Waals surface area contributed by atoms with Crippen molar-refractivity contribution >= 4 is 0 Å². The summed E-state index contributed by atoms with van der Waals surface area (Å²) < 4.78 is 1.87. The van der Waals surface area contributed by atoms with Crippen LogP contribution in [0.4, 0.5) is 0 Å². The molecule has 2 rings (SSSR count). The van der Waals surface area contributed by atoms with Crippen LogP contribution >= 0.6 is 0 Å². The Labute approximate surface area is 116 Å². The van der Waals surface area contributed by atoms with Gasteiger partial charge < -0.3 is 10.0 Å². The number of aliphatic hydroxyl groups is 1. The first-order valence-corrected chi connectivity index (χ1v) is 7.47. The van der Waals surface area contributed by atoms with E-state index in [0.717, 1.165) is 19.0 Å². The van der Waals surface area contributed by atoms with Crippen LogP contribution in [0.1, 0.15) is 37.7 Å². The lowest BCUT2D eigenvalue weighted by molar-refractivity contribution is 0.127. The summed E-state index contributed by atoms with van der Waals surface area (Å²) in [5.41, 5.74) is 1.33. The molecule has 0 bridgehead atoms. The highest BCUT2D eigenvalue weighted by Crippen LogP contribution is 2.26. The van der Waals surface area contributed by atoms with E-state index in [1.54, 1.807) is 0 Å². The van der Waals surface area contributed by atoms with Gasteiger partial charge >= 0.3 is 0 Å². The summed E-state index contributed by atoms with van der Waals surface area (Å²) in [6.45, 7) is 1.53. The number of hydrogen-bond donors (Lipinski definition) is 1. The van der Waals surface area contributed by atoms with E-state index in [1.165, 1.54) is 37.7 Å². The lowest BCUT2D eigenvalue weighted by atomic mass is 9.86. The number of aryl methyl sites for hydroxylation is 2. The standard InChI is InChI=1S/C15H27N3O/c1-17(15-7-5-13(12-19)6-8-15)9-3-4-14-10-16-18(2)11-14/h10-11,13,15,19H,3-9,12H2,1-2H3. The predicted octanol–water partition coefficient (Wildman–Crippen LogP) is 1.84. The highest BCUT2D eigenvalue weighted by atomic mass is 16.3. The average Bonchev–Trinajstić information content (AvgIpc) is 2.84. The van der Waals surface area contributed by atoms with E-state index in [-0.39, 0.29) is 0 Å². The van der Waals surface area contributed by atoms with Gasteiger partial charge in [0.25, 0.3) is 0 Å². The topological polar surface area (TPSA) is 41.3 Å². The van der Waals surface area contributed by atoms with Crippen molar-refractivity contribution in [1.29, 1.82) is 0 Å². The van der Waals surface area contributed by atoms with E-state index in [0.29, 0.717) is 12.5 Å².